The van der Waals surface area contributed by atoms with Gasteiger partial charge in [-0.25, -0.2) is 4.79 Å². The van der Waals surface area contributed by atoms with E-state index < -0.39 is 5.97 Å². The van der Waals surface area contributed by atoms with E-state index in [2.05, 4.69) is 5.32 Å². The smallest absolute Gasteiger partial charge is 0.323 e. The van der Waals surface area contributed by atoms with Gasteiger partial charge in [-0.05, 0) is 18.4 Å². The van der Waals surface area contributed by atoms with Crippen LogP contribution in [-0.4, -0.2) is 46.2 Å². The Balaban J connectivity index is 1.77. The van der Waals surface area contributed by atoms with Gasteiger partial charge in [-0.15, -0.1) is 0 Å². The number of nitrogens with zero attached hydrogens (tertiary/aromatic N) is 2. The van der Waals surface area contributed by atoms with E-state index in [9.17, 15) is 14.4 Å². The molecule has 0 aromatic carbocycles. The Labute approximate surface area is 121 Å². The van der Waals surface area contributed by atoms with Gasteiger partial charge in [-0.3, -0.25) is 9.59 Å². The standard InChI is InChI=1S/C14H17N3O4/c18-12-3-1-2-11-10-4-9(7-17(11)12)6-16(8-10)14(21)15-5-13(19)20/h1-3,9-10H,4-8H2,(H,15,21)(H,19,20)/t9-,10+/m0/s1. The largest absolute Gasteiger partial charge is 0.480 e. The summed E-state index contributed by atoms with van der Waals surface area (Å²) in [5, 5.41) is 11.0. The molecule has 7 heteroatoms. The maximum absolute atomic E-state index is 12.0. The third-order valence-corrected chi connectivity index (χ3v) is 4.16. The number of amides is 2. The summed E-state index contributed by atoms with van der Waals surface area (Å²) in [4.78, 5) is 36.1. The molecular formula is C14H17N3O4. The van der Waals surface area contributed by atoms with Gasteiger partial charge in [0.15, 0.2) is 0 Å². The molecule has 2 bridgehead atoms. The number of carbonyl (C=O) groups excluding carboxylic acids is 1. The van der Waals surface area contributed by atoms with Crippen LogP contribution in [0.25, 0.3) is 0 Å². The molecule has 1 fully saturated rings. The predicted molar refractivity (Wildman–Crippen MR) is 74.2 cm³/mol. The molecule has 2 atom stereocenters. The Hall–Kier alpha value is -2.31. The molecular weight excluding hydrogens is 274 g/mol. The van der Waals surface area contributed by atoms with E-state index in [-0.39, 0.29) is 30.0 Å². The molecule has 3 heterocycles. The Kier molecular flexibility index (Phi) is 3.40. The van der Waals surface area contributed by atoms with Crippen molar-refractivity contribution in [3.63, 3.8) is 0 Å². The molecule has 21 heavy (non-hydrogen) atoms. The summed E-state index contributed by atoms with van der Waals surface area (Å²) in [5.74, 6) is -0.675. The van der Waals surface area contributed by atoms with Crippen LogP contribution in [0, 0.1) is 5.92 Å². The van der Waals surface area contributed by atoms with E-state index in [0.29, 0.717) is 19.6 Å². The predicted octanol–water partition coefficient (Wildman–Crippen LogP) is 0.0616. The van der Waals surface area contributed by atoms with Crippen LogP contribution in [0.2, 0.25) is 0 Å². The number of hydrogen-bond acceptors (Lipinski definition) is 3. The molecule has 0 unspecified atom stereocenters. The second kappa shape index (κ2) is 5.23. The van der Waals surface area contributed by atoms with E-state index >= 15 is 0 Å². The first kappa shape index (κ1) is 13.7. The second-order valence-corrected chi connectivity index (χ2v) is 5.66. The van der Waals surface area contributed by atoms with Crippen molar-refractivity contribution in [2.75, 3.05) is 19.6 Å². The van der Waals surface area contributed by atoms with Gasteiger partial charge in [0.25, 0.3) is 5.56 Å². The van der Waals surface area contributed by atoms with Crippen molar-refractivity contribution in [2.24, 2.45) is 5.92 Å². The van der Waals surface area contributed by atoms with Crippen LogP contribution in [0.5, 0.6) is 0 Å². The van der Waals surface area contributed by atoms with Gasteiger partial charge in [-0.1, -0.05) is 6.07 Å². The average molecular weight is 291 g/mol. The molecule has 0 aliphatic carbocycles. The van der Waals surface area contributed by atoms with Gasteiger partial charge in [-0.2, -0.15) is 0 Å². The average Bonchev–Trinajstić information content (AvgIpc) is 2.45. The number of fused-ring (bicyclic) bond motifs is 4. The summed E-state index contributed by atoms with van der Waals surface area (Å²) in [6, 6.07) is 4.89. The van der Waals surface area contributed by atoms with Gasteiger partial charge in [0.1, 0.15) is 6.54 Å². The van der Waals surface area contributed by atoms with Crippen molar-refractivity contribution in [3.05, 3.63) is 34.2 Å². The number of aromatic nitrogens is 1. The zero-order valence-corrected chi connectivity index (χ0v) is 11.5. The molecule has 1 aromatic heterocycles. The first-order valence-electron chi connectivity index (χ1n) is 6.99. The lowest BCUT2D eigenvalue weighted by atomic mass is 9.83. The number of pyridine rings is 1. The molecule has 112 valence electrons. The molecule has 1 aromatic rings. The summed E-state index contributed by atoms with van der Waals surface area (Å²) in [6.45, 7) is 1.32. The van der Waals surface area contributed by atoms with Crippen molar-refractivity contribution in [3.8, 4) is 0 Å². The van der Waals surface area contributed by atoms with Crippen LogP contribution in [-0.2, 0) is 11.3 Å². The van der Waals surface area contributed by atoms with E-state index in [4.69, 9.17) is 5.11 Å². The molecule has 0 spiro atoms. The van der Waals surface area contributed by atoms with Crippen molar-refractivity contribution < 1.29 is 14.7 Å². The Morgan fingerprint density at radius 3 is 2.86 bits per heavy atom. The number of piperidine rings is 1. The van der Waals surface area contributed by atoms with Crippen molar-refractivity contribution in [1.29, 1.82) is 0 Å². The first-order valence-corrected chi connectivity index (χ1v) is 6.99. The zero-order chi connectivity index (χ0) is 15.0. The Bertz CT molecular complexity index is 639. The zero-order valence-electron chi connectivity index (χ0n) is 11.5. The molecule has 0 saturated carbocycles. The highest BCUT2D eigenvalue weighted by molar-refractivity contribution is 5.80. The fourth-order valence-corrected chi connectivity index (χ4v) is 3.33. The number of likely N-dealkylation sites (tertiary alicyclic amines) is 1. The minimum atomic E-state index is -1.06. The monoisotopic (exact) mass is 291 g/mol. The molecule has 2 amide bonds. The lowest BCUT2D eigenvalue weighted by Crippen LogP contribution is -2.52. The number of carboxylic acids is 1. The van der Waals surface area contributed by atoms with Crippen molar-refractivity contribution >= 4 is 12.0 Å². The second-order valence-electron chi connectivity index (χ2n) is 5.66. The molecule has 2 aliphatic rings. The van der Waals surface area contributed by atoms with Gasteiger partial charge in [0.2, 0.25) is 0 Å². The summed E-state index contributed by atoms with van der Waals surface area (Å²) < 4.78 is 1.80. The number of rotatable bonds is 2. The molecule has 1 saturated heterocycles. The Morgan fingerprint density at radius 2 is 2.10 bits per heavy atom. The van der Waals surface area contributed by atoms with Crippen LogP contribution in [0.4, 0.5) is 4.79 Å². The van der Waals surface area contributed by atoms with Gasteiger partial charge in [0, 0.05) is 37.3 Å². The molecule has 2 N–H and O–H groups in total. The number of carbonyl (C=O) groups is 2. The quantitative estimate of drug-likeness (QED) is 0.806. The van der Waals surface area contributed by atoms with Gasteiger partial charge < -0.3 is 19.9 Å². The Morgan fingerprint density at radius 1 is 1.29 bits per heavy atom. The maximum Gasteiger partial charge on any atom is 0.323 e. The number of carboxylic acid groups (broad SMARTS) is 1. The van der Waals surface area contributed by atoms with Crippen LogP contribution < -0.4 is 10.9 Å². The third kappa shape index (κ3) is 2.63. The first-order chi connectivity index (χ1) is 10.0. The van der Waals surface area contributed by atoms with E-state index in [0.717, 1.165) is 12.1 Å². The number of nitrogens with one attached hydrogen (secondary N) is 1. The fraction of sp³-hybridized carbons (Fsp3) is 0.500. The van der Waals surface area contributed by atoms with Crippen LogP contribution in [0.3, 0.4) is 0 Å². The maximum atomic E-state index is 12.0. The SMILES string of the molecule is O=C(O)CNC(=O)N1C[C@@H]2C[C@H](C1)c1cccc(=O)n1C2. The summed E-state index contributed by atoms with van der Waals surface area (Å²) in [7, 11) is 0. The van der Waals surface area contributed by atoms with Crippen LogP contribution in [0.1, 0.15) is 18.0 Å². The number of aliphatic carboxylic acids is 1. The molecule has 3 rings (SSSR count). The number of hydrogen-bond donors (Lipinski definition) is 2. The van der Waals surface area contributed by atoms with Gasteiger partial charge in [0.05, 0.1) is 0 Å². The molecule has 2 aliphatic heterocycles. The number of urea groups is 1. The minimum absolute atomic E-state index is 0.00554. The normalized spacial score (nSPS) is 23.3. The lowest BCUT2D eigenvalue weighted by Gasteiger charge is -2.42. The summed E-state index contributed by atoms with van der Waals surface area (Å²) in [5.41, 5.74) is 0.973. The third-order valence-electron chi connectivity index (χ3n) is 4.16. The van der Waals surface area contributed by atoms with E-state index in [1.165, 1.54) is 0 Å². The van der Waals surface area contributed by atoms with Crippen molar-refractivity contribution in [2.45, 2.75) is 18.9 Å². The van der Waals surface area contributed by atoms with Crippen LogP contribution in [0.15, 0.2) is 23.0 Å². The lowest BCUT2D eigenvalue weighted by molar-refractivity contribution is -0.135. The van der Waals surface area contributed by atoms with Crippen molar-refractivity contribution in [1.82, 2.24) is 14.8 Å². The highest BCUT2D eigenvalue weighted by Crippen LogP contribution is 2.34. The highest BCUT2D eigenvalue weighted by Gasteiger charge is 2.36. The fourth-order valence-electron chi connectivity index (χ4n) is 3.33. The highest BCUT2D eigenvalue weighted by atomic mass is 16.4. The topological polar surface area (TPSA) is 91.6 Å². The molecule has 7 nitrogen and oxygen atoms in total. The van der Waals surface area contributed by atoms with Gasteiger partial charge >= 0.3 is 12.0 Å². The van der Waals surface area contributed by atoms with Crippen LogP contribution >= 0.6 is 0 Å². The van der Waals surface area contributed by atoms with E-state index in [1.54, 1.807) is 21.6 Å². The molecule has 0 radical (unpaired) electrons. The summed E-state index contributed by atoms with van der Waals surface area (Å²) in [6.07, 6.45) is 0.964. The summed E-state index contributed by atoms with van der Waals surface area (Å²) >= 11 is 0. The minimum Gasteiger partial charge on any atom is -0.480 e. The van der Waals surface area contributed by atoms with E-state index in [1.807, 2.05) is 6.07 Å².